The van der Waals surface area contributed by atoms with Crippen molar-refractivity contribution in [1.82, 2.24) is 30.2 Å². The molecule has 0 unspecified atom stereocenters. The van der Waals surface area contributed by atoms with Gasteiger partial charge in [0.15, 0.2) is 10.6 Å². The zero-order chi connectivity index (χ0) is 17.3. The van der Waals surface area contributed by atoms with Crippen LogP contribution in [0.4, 0.5) is 0 Å². The molecule has 5 aromatic rings. The molecule has 0 saturated carbocycles. The highest BCUT2D eigenvalue weighted by molar-refractivity contribution is 7.99. The van der Waals surface area contributed by atoms with Gasteiger partial charge in [0.2, 0.25) is 5.16 Å². The van der Waals surface area contributed by atoms with Crippen LogP contribution in [0.15, 0.2) is 75.5 Å². The van der Waals surface area contributed by atoms with Crippen LogP contribution in [0, 0.1) is 0 Å². The lowest BCUT2D eigenvalue weighted by Gasteiger charge is -2.04. The normalized spacial score (nSPS) is 11.4. The van der Waals surface area contributed by atoms with Crippen molar-refractivity contribution < 1.29 is 4.42 Å². The average molecular weight is 360 g/mol. The van der Waals surface area contributed by atoms with Crippen molar-refractivity contribution in [2.24, 2.45) is 0 Å². The number of benzene rings is 2. The Morgan fingerprint density at radius 2 is 1.81 bits per heavy atom. The van der Waals surface area contributed by atoms with Gasteiger partial charge in [-0.15, -0.1) is 5.10 Å². The van der Waals surface area contributed by atoms with Gasteiger partial charge in [0, 0.05) is 5.39 Å². The summed E-state index contributed by atoms with van der Waals surface area (Å²) in [5.74, 6) is 0. The van der Waals surface area contributed by atoms with Crippen molar-refractivity contribution in [3.8, 4) is 0 Å². The van der Waals surface area contributed by atoms with E-state index >= 15 is 0 Å². The predicted molar refractivity (Wildman–Crippen MR) is 96.8 cm³/mol. The van der Waals surface area contributed by atoms with Gasteiger partial charge in [-0.1, -0.05) is 42.5 Å². The van der Waals surface area contributed by atoms with E-state index in [1.54, 1.807) is 4.68 Å². The molecule has 3 aromatic heterocycles. The van der Waals surface area contributed by atoms with Crippen molar-refractivity contribution in [3.05, 3.63) is 66.5 Å². The average Bonchev–Trinajstić information content (AvgIpc) is 3.28. The quantitative estimate of drug-likeness (QED) is 0.453. The molecule has 0 aliphatic heterocycles. The Balaban J connectivity index is 1.54. The van der Waals surface area contributed by atoms with Gasteiger partial charge in [0.05, 0.1) is 6.54 Å². The van der Waals surface area contributed by atoms with E-state index < -0.39 is 0 Å². The number of furan rings is 1. The maximum Gasteiger partial charge on any atom is 0.216 e. The van der Waals surface area contributed by atoms with Crippen LogP contribution in [0.1, 0.15) is 5.56 Å². The van der Waals surface area contributed by atoms with Gasteiger partial charge in [-0.25, -0.2) is 14.6 Å². The minimum atomic E-state index is 0.588. The molecule has 126 valence electrons. The van der Waals surface area contributed by atoms with Crippen LogP contribution in [0.2, 0.25) is 0 Å². The number of rotatable bonds is 4. The minimum Gasteiger partial charge on any atom is -0.451 e. The number of hydrogen-bond donors (Lipinski definition) is 0. The van der Waals surface area contributed by atoms with Crippen LogP contribution in [-0.4, -0.2) is 30.2 Å². The van der Waals surface area contributed by atoms with Crippen molar-refractivity contribution in [3.63, 3.8) is 0 Å². The van der Waals surface area contributed by atoms with E-state index in [1.165, 1.54) is 18.1 Å². The Kier molecular flexibility index (Phi) is 3.60. The number of aromatic nitrogens is 6. The van der Waals surface area contributed by atoms with E-state index in [0.29, 0.717) is 22.3 Å². The van der Waals surface area contributed by atoms with E-state index in [9.17, 15) is 0 Å². The molecular formula is C18H12N6OS. The highest BCUT2D eigenvalue weighted by Gasteiger charge is 2.17. The summed E-state index contributed by atoms with van der Waals surface area (Å²) in [5.41, 5.74) is 3.35. The molecular weight excluding hydrogens is 348 g/mol. The molecule has 0 bridgehead atoms. The first-order chi connectivity index (χ1) is 12.9. The lowest BCUT2D eigenvalue weighted by Crippen LogP contribution is -2.03. The highest BCUT2D eigenvalue weighted by Crippen LogP contribution is 2.34. The molecule has 0 saturated heterocycles. The Morgan fingerprint density at radius 1 is 0.962 bits per heavy atom. The molecule has 3 heterocycles. The number of para-hydroxylation sites is 1. The standard InChI is InChI=1S/C18H12N6OS/c1-2-6-12(7-3-1)10-24-18(21-22-23-24)26-17-16-15(19-11-20-17)13-8-4-5-9-14(13)25-16/h1-9,11H,10H2. The van der Waals surface area contributed by atoms with E-state index in [4.69, 9.17) is 4.42 Å². The van der Waals surface area contributed by atoms with Crippen molar-refractivity contribution in [2.45, 2.75) is 16.7 Å². The molecule has 26 heavy (non-hydrogen) atoms. The largest absolute Gasteiger partial charge is 0.451 e. The molecule has 0 radical (unpaired) electrons. The lowest BCUT2D eigenvalue weighted by molar-refractivity contribution is 0.602. The smallest absolute Gasteiger partial charge is 0.216 e. The number of nitrogens with zero attached hydrogens (tertiary/aromatic N) is 6. The first kappa shape index (κ1) is 15.0. The fourth-order valence-electron chi connectivity index (χ4n) is 2.79. The maximum absolute atomic E-state index is 5.97. The first-order valence-electron chi connectivity index (χ1n) is 7.99. The third-order valence-electron chi connectivity index (χ3n) is 3.99. The second-order valence-corrected chi connectivity index (χ2v) is 6.62. The summed E-state index contributed by atoms with van der Waals surface area (Å²) >= 11 is 1.37. The summed E-state index contributed by atoms with van der Waals surface area (Å²) in [7, 11) is 0. The van der Waals surface area contributed by atoms with Crippen molar-refractivity contribution >= 4 is 33.8 Å². The van der Waals surface area contributed by atoms with Gasteiger partial charge >= 0.3 is 0 Å². The van der Waals surface area contributed by atoms with Crippen molar-refractivity contribution in [2.75, 3.05) is 0 Å². The second-order valence-electron chi connectivity index (χ2n) is 5.66. The van der Waals surface area contributed by atoms with Gasteiger partial charge in [0.1, 0.15) is 17.4 Å². The summed E-state index contributed by atoms with van der Waals surface area (Å²) in [6.07, 6.45) is 1.54. The fourth-order valence-corrected chi connectivity index (χ4v) is 3.57. The summed E-state index contributed by atoms with van der Waals surface area (Å²) < 4.78 is 7.71. The molecule has 0 fully saturated rings. The van der Waals surface area contributed by atoms with E-state index in [1.807, 2.05) is 54.6 Å². The molecule has 0 spiro atoms. The molecule has 0 atom stereocenters. The molecule has 5 rings (SSSR count). The van der Waals surface area contributed by atoms with Crippen LogP contribution in [-0.2, 0) is 6.54 Å². The Hall–Kier alpha value is -3.26. The Bertz CT molecular complexity index is 1200. The predicted octanol–water partition coefficient (Wildman–Crippen LogP) is 3.56. The van der Waals surface area contributed by atoms with Gasteiger partial charge in [-0.2, -0.15) is 0 Å². The molecule has 8 heteroatoms. The van der Waals surface area contributed by atoms with E-state index in [-0.39, 0.29) is 0 Å². The Morgan fingerprint density at radius 3 is 2.73 bits per heavy atom. The number of hydrogen-bond acceptors (Lipinski definition) is 7. The summed E-state index contributed by atoms with van der Waals surface area (Å²) in [5, 5.41) is 14.3. The molecule has 0 aliphatic rings. The van der Waals surface area contributed by atoms with Crippen LogP contribution in [0.25, 0.3) is 22.1 Å². The van der Waals surface area contributed by atoms with Crippen LogP contribution >= 0.6 is 11.8 Å². The van der Waals surface area contributed by atoms with Crippen LogP contribution in [0.3, 0.4) is 0 Å². The molecule has 0 amide bonds. The monoisotopic (exact) mass is 360 g/mol. The van der Waals surface area contributed by atoms with Crippen LogP contribution in [0.5, 0.6) is 0 Å². The summed E-state index contributed by atoms with van der Waals surface area (Å²) in [6.45, 7) is 0.588. The third-order valence-corrected chi connectivity index (χ3v) is 4.95. The molecule has 2 aromatic carbocycles. The maximum atomic E-state index is 5.97. The van der Waals surface area contributed by atoms with Crippen LogP contribution < -0.4 is 0 Å². The summed E-state index contributed by atoms with van der Waals surface area (Å²) in [4.78, 5) is 8.75. The lowest BCUT2D eigenvalue weighted by atomic mass is 10.2. The minimum absolute atomic E-state index is 0.588. The fraction of sp³-hybridized carbons (Fsp3) is 0.0556. The highest BCUT2D eigenvalue weighted by atomic mass is 32.2. The molecule has 0 aliphatic carbocycles. The SMILES string of the molecule is c1ccc(Cn2nnnc2Sc2ncnc3c2oc2ccccc23)cc1. The zero-order valence-electron chi connectivity index (χ0n) is 13.5. The third kappa shape index (κ3) is 2.60. The van der Waals surface area contributed by atoms with Crippen molar-refractivity contribution in [1.29, 1.82) is 0 Å². The topological polar surface area (TPSA) is 82.5 Å². The Labute approximate surface area is 152 Å². The molecule has 0 N–H and O–H groups in total. The van der Waals surface area contributed by atoms with Gasteiger partial charge < -0.3 is 4.42 Å². The number of fused-ring (bicyclic) bond motifs is 3. The van der Waals surface area contributed by atoms with E-state index in [0.717, 1.165) is 22.0 Å². The summed E-state index contributed by atoms with van der Waals surface area (Å²) in [6, 6.07) is 17.9. The number of tetrazole rings is 1. The second kappa shape index (κ2) is 6.23. The zero-order valence-corrected chi connectivity index (χ0v) is 14.3. The first-order valence-corrected chi connectivity index (χ1v) is 8.80. The van der Waals surface area contributed by atoms with Gasteiger partial charge in [0.25, 0.3) is 0 Å². The van der Waals surface area contributed by atoms with Gasteiger partial charge in [-0.3, -0.25) is 0 Å². The van der Waals surface area contributed by atoms with E-state index in [2.05, 4.69) is 25.5 Å². The molecule has 7 nitrogen and oxygen atoms in total. The van der Waals surface area contributed by atoms with Gasteiger partial charge in [-0.05, 0) is 39.9 Å².